The molecule has 2 N–H and O–H groups in total. The molecule has 0 unspecified atom stereocenters. The first-order valence-corrected chi connectivity index (χ1v) is 6.26. The molecule has 0 aromatic heterocycles. The summed E-state index contributed by atoms with van der Waals surface area (Å²) in [4.78, 5) is 12.0. The summed E-state index contributed by atoms with van der Waals surface area (Å²) < 4.78 is 5.33. The molecule has 2 heterocycles. The number of hydrogen-bond acceptors (Lipinski definition) is 4. The number of piperidine rings is 1. The number of rotatable bonds is 1. The second-order valence-electron chi connectivity index (χ2n) is 5.50. The summed E-state index contributed by atoms with van der Waals surface area (Å²) in [5.41, 5.74) is -0.320. The molecule has 4 heteroatoms. The fraction of sp³-hybridized carbons (Fsp3) is 0.917. The van der Waals surface area contributed by atoms with Crippen LogP contribution in [0.2, 0.25) is 0 Å². The minimum absolute atomic E-state index is 0.0291. The van der Waals surface area contributed by atoms with Gasteiger partial charge in [0.2, 0.25) is 0 Å². The molecule has 0 amide bonds. The summed E-state index contributed by atoms with van der Waals surface area (Å²) in [5, 5.41) is 13.3. The van der Waals surface area contributed by atoms with Gasteiger partial charge in [0.05, 0.1) is 18.1 Å². The molecule has 2 aliphatic heterocycles. The second-order valence-corrected chi connectivity index (χ2v) is 5.50. The van der Waals surface area contributed by atoms with E-state index in [1.165, 1.54) is 0 Å². The van der Waals surface area contributed by atoms with E-state index in [0.29, 0.717) is 25.0 Å². The molecule has 1 aliphatic carbocycles. The highest BCUT2D eigenvalue weighted by Crippen LogP contribution is 2.50. The molecule has 2 bridgehead atoms. The molecule has 0 spiro atoms. The van der Waals surface area contributed by atoms with Gasteiger partial charge >= 0.3 is 5.97 Å². The minimum Gasteiger partial charge on any atom is -0.465 e. The molecule has 90 valence electrons. The highest BCUT2D eigenvalue weighted by Gasteiger charge is 2.57. The average molecular weight is 225 g/mol. The predicted molar refractivity (Wildman–Crippen MR) is 57.7 cm³/mol. The Bertz CT molecular complexity index is 319. The number of carbonyl (C=O) groups excluding carboxylic acids is 1. The molecule has 2 saturated heterocycles. The van der Waals surface area contributed by atoms with Gasteiger partial charge in [-0.1, -0.05) is 6.92 Å². The molecule has 3 aliphatic rings. The van der Waals surface area contributed by atoms with E-state index in [2.05, 4.69) is 12.2 Å². The Morgan fingerprint density at radius 2 is 2.38 bits per heavy atom. The zero-order valence-electron chi connectivity index (χ0n) is 9.61. The van der Waals surface area contributed by atoms with E-state index < -0.39 is 0 Å². The lowest BCUT2D eigenvalue weighted by Crippen LogP contribution is -2.65. The number of aliphatic hydroxyl groups excluding tert-OH is 1. The van der Waals surface area contributed by atoms with Gasteiger partial charge in [-0.3, -0.25) is 4.79 Å². The van der Waals surface area contributed by atoms with Crippen molar-refractivity contribution in [3.05, 3.63) is 0 Å². The highest BCUT2D eigenvalue weighted by atomic mass is 16.5. The van der Waals surface area contributed by atoms with Gasteiger partial charge in [-0.25, -0.2) is 0 Å². The molecule has 5 atom stereocenters. The minimum atomic E-state index is -0.320. The van der Waals surface area contributed by atoms with Gasteiger partial charge in [0.15, 0.2) is 0 Å². The lowest BCUT2D eigenvalue weighted by Gasteiger charge is -2.55. The lowest BCUT2D eigenvalue weighted by atomic mass is 9.57. The van der Waals surface area contributed by atoms with Crippen LogP contribution in [0.25, 0.3) is 0 Å². The van der Waals surface area contributed by atoms with Gasteiger partial charge in [-0.2, -0.15) is 0 Å². The van der Waals surface area contributed by atoms with Crippen LogP contribution in [0, 0.1) is 17.3 Å². The van der Waals surface area contributed by atoms with E-state index in [1.807, 2.05) is 0 Å². The number of carbonyl (C=O) groups is 1. The van der Waals surface area contributed by atoms with Crippen LogP contribution < -0.4 is 5.32 Å². The van der Waals surface area contributed by atoms with E-state index in [-0.39, 0.29) is 23.5 Å². The van der Waals surface area contributed by atoms with Crippen molar-refractivity contribution in [3.8, 4) is 0 Å². The van der Waals surface area contributed by atoms with Crippen molar-refractivity contribution in [1.29, 1.82) is 0 Å². The van der Waals surface area contributed by atoms with Crippen LogP contribution >= 0.6 is 0 Å². The lowest BCUT2D eigenvalue weighted by molar-refractivity contribution is -0.189. The Balaban J connectivity index is 1.96. The second kappa shape index (κ2) is 3.44. The molecular weight excluding hydrogens is 206 g/mol. The first-order chi connectivity index (χ1) is 7.67. The van der Waals surface area contributed by atoms with Crippen LogP contribution in [0.1, 0.15) is 26.2 Å². The van der Waals surface area contributed by atoms with E-state index in [0.717, 1.165) is 19.3 Å². The molecule has 0 aromatic carbocycles. The molecule has 1 saturated carbocycles. The number of cyclic esters (lactones) is 1. The summed E-state index contributed by atoms with van der Waals surface area (Å²) in [6.45, 7) is 3.25. The molecule has 16 heavy (non-hydrogen) atoms. The fourth-order valence-electron chi connectivity index (χ4n) is 3.87. The van der Waals surface area contributed by atoms with Gasteiger partial charge in [0.25, 0.3) is 0 Å². The maximum atomic E-state index is 12.0. The average Bonchev–Trinajstić information content (AvgIpc) is 2.31. The van der Waals surface area contributed by atoms with E-state index in [4.69, 9.17) is 4.74 Å². The number of nitrogens with one attached hydrogen (secondary N) is 1. The normalized spacial score (nSPS) is 51.0. The monoisotopic (exact) mass is 225 g/mol. The fourth-order valence-corrected chi connectivity index (χ4v) is 3.87. The maximum Gasteiger partial charge on any atom is 0.313 e. The van der Waals surface area contributed by atoms with Gasteiger partial charge in [0, 0.05) is 12.6 Å². The number of aliphatic hydroxyl groups is 1. The van der Waals surface area contributed by atoms with Gasteiger partial charge in [-0.15, -0.1) is 0 Å². The first-order valence-electron chi connectivity index (χ1n) is 6.26. The summed E-state index contributed by atoms with van der Waals surface area (Å²) in [5.74, 6) is 0.748. The number of fused-ring (bicyclic) bond motifs is 1. The van der Waals surface area contributed by atoms with Crippen molar-refractivity contribution in [2.24, 2.45) is 17.3 Å². The Kier molecular flexibility index (Phi) is 2.27. The zero-order chi connectivity index (χ0) is 11.3. The predicted octanol–water partition coefficient (Wildman–Crippen LogP) is 0.298. The molecule has 0 radical (unpaired) electrons. The molecular formula is C12H19NO3. The van der Waals surface area contributed by atoms with E-state index >= 15 is 0 Å². The number of hydrogen-bond donors (Lipinski definition) is 2. The largest absolute Gasteiger partial charge is 0.465 e. The molecule has 3 fully saturated rings. The van der Waals surface area contributed by atoms with Crippen LogP contribution in [0.5, 0.6) is 0 Å². The van der Waals surface area contributed by atoms with Crippen LogP contribution in [-0.2, 0) is 9.53 Å². The third-order valence-corrected chi connectivity index (χ3v) is 4.94. The zero-order valence-corrected chi connectivity index (χ0v) is 9.61. The van der Waals surface area contributed by atoms with Crippen molar-refractivity contribution in [1.82, 2.24) is 5.32 Å². The van der Waals surface area contributed by atoms with Crippen LogP contribution in [0.3, 0.4) is 0 Å². The first kappa shape index (κ1) is 10.5. The Morgan fingerprint density at radius 1 is 1.56 bits per heavy atom. The van der Waals surface area contributed by atoms with Crippen molar-refractivity contribution < 1.29 is 14.6 Å². The molecule has 4 nitrogen and oxygen atoms in total. The molecule has 0 aromatic rings. The van der Waals surface area contributed by atoms with Crippen molar-refractivity contribution >= 4 is 5.97 Å². The third kappa shape index (κ3) is 1.20. The smallest absolute Gasteiger partial charge is 0.313 e. The summed E-state index contributed by atoms with van der Waals surface area (Å²) in [7, 11) is 0. The van der Waals surface area contributed by atoms with Crippen LogP contribution in [0.4, 0.5) is 0 Å². The Hall–Kier alpha value is -0.610. The maximum absolute atomic E-state index is 12.0. The standard InChI is InChI=1S/C12H19NO3/c1-2-12-6-13-9-4-8(12)7(3-10(9)14)5-16-11(12)15/h7-10,13-14H,2-6H2,1H3/t7-,8-,9+,10+,12-/m1/s1. The Labute approximate surface area is 95.4 Å². The number of ether oxygens (including phenoxy) is 1. The van der Waals surface area contributed by atoms with Gasteiger partial charge < -0.3 is 15.2 Å². The quantitative estimate of drug-likeness (QED) is 0.630. The molecule has 3 rings (SSSR count). The third-order valence-electron chi connectivity index (χ3n) is 4.94. The van der Waals surface area contributed by atoms with Crippen LogP contribution in [-0.4, -0.2) is 36.4 Å². The van der Waals surface area contributed by atoms with Crippen molar-refractivity contribution in [2.45, 2.75) is 38.3 Å². The van der Waals surface area contributed by atoms with Gasteiger partial charge in [-0.05, 0) is 31.1 Å². The summed E-state index contributed by atoms with van der Waals surface area (Å²) >= 11 is 0. The summed E-state index contributed by atoms with van der Waals surface area (Å²) in [6.07, 6.45) is 2.27. The van der Waals surface area contributed by atoms with Crippen LogP contribution in [0.15, 0.2) is 0 Å². The number of esters is 1. The topological polar surface area (TPSA) is 58.6 Å². The van der Waals surface area contributed by atoms with Crippen molar-refractivity contribution in [3.63, 3.8) is 0 Å². The highest BCUT2D eigenvalue weighted by molar-refractivity contribution is 5.78. The van der Waals surface area contributed by atoms with Crippen molar-refractivity contribution in [2.75, 3.05) is 13.2 Å². The van der Waals surface area contributed by atoms with E-state index in [1.54, 1.807) is 0 Å². The summed E-state index contributed by atoms with van der Waals surface area (Å²) in [6, 6.07) is 0.187. The Morgan fingerprint density at radius 3 is 3.12 bits per heavy atom. The van der Waals surface area contributed by atoms with E-state index in [9.17, 15) is 9.90 Å². The SMILES string of the molecule is CC[C@@]12CN[C@H]3C[C@@H]1[C@@H](COC2=O)C[C@@H]3O. The van der Waals surface area contributed by atoms with Gasteiger partial charge in [0.1, 0.15) is 0 Å².